The van der Waals surface area contributed by atoms with Crippen molar-refractivity contribution in [1.29, 1.82) is 0 Å². The number of hydrogen-bond donors (Lipinski definition) is 3. The van der Waals surface area contributed by atoms with Gasteiger partial charge in [-0.2, -0.15) is 0 Å². The van der Waals surface area contributed by atoms with Crippen molar-refractivity contribution in [3.63, 3.8) is 0 Å². The number of aromatic amines is 1. The predicted molar refractivity (Wildman–Crippen MR) is 258 cm³/mol. The number of nitrogens with zero attached hydrogens (tertiary/aromatic N) is 8. The maximum atomic E-state index is 15.0. The molecular formula is C52H58FN11O5. The van der Waals surface area contributed by atoms with E-state index in [4.69, 9.17) is 4.98 Å². The number of halogens is 1. The molecule has 5 aliphatic heterocycles. The molecule has 3 aromatic heterocycles. The number of imide groups is 1. The van der Waals surface area contributed by atoms with Crippen LogP contribution in [0, 0.1) is 17.7 Å². The molecule has 1 aliphatic carbocycles. The lowest BCUT2D eigenvalue weighted by Gasteiger charge is -2.45. The Labute approximate surface area is 400 Å². The summed E-state index contributed by atoms with van der Waals surface area (Å²) in [5, 5.41) is 5.56. The van der Waals surface area contributed by atoms with E-state index in [-0.39, 0.29) is 53.3 Å². The molecule has 11 rings (SSSR count). The van der Waals surface area contributed by atoms with Crippen molar-refractivity contribution in [1.82, 2.24) is 40.0 Å². The van der Waals surface area contributed by atoms with Gasteiger partial charge in [-0.3, -0.25) is 29.3 Å². The van der Waals surface area contributed by atoms with Crippen LogP contribution < -0.4 is 20.4 Å². The highest BCUT2D eigenvalue weighted by molar-refractivity contribution is 6.09. The number of nitrogens with one attached hydrogen (secondary N) is 3. The Morgan fingerprint density at radius 1 is 0.826 bits per heavy atom. The highest BCUT2D eigenvalue weighted by Crippen LogP contribution is 2.52. The first-order chi connectivity index (χ1) is 33.4. The van der Waals surface area contributed by atoms with E-state index in [1.807, 2.05) is 39.0 Å². The molecule has 1 atom stereocenters. The Bertz CT molecular complexity index is 2820. The SMILES string of the molecule is CN(C)C1CC(N2C(=O)C3(CCN(C(=O)C4CCN(C(=O)C5CCN(c6ccc(C7CCC(=O)NC7=O)cn6)CC5)CC4)CC3)c3ccc(-c4cc5[nH]cnc5c(Nc5ccccc5F)n4)cc32)C1. The number of carbonyl (C=O) groups is 5. The van der Waals surface area contributed by atoms with Gasteiger partial charge >= 0.3 is 0 Å². The third-order valence-electron chi connectivity index (χ3n) is 16.1. The number of imidazole rings is 1. The first kappa shape index (κ1) is 44.7. The first-order valence-electron chi connectivity index (χ1n) is 24.6. The summed E-state index contributed by atoms with van der Waals surface area (Å²) in [5.41, 5.74) is 5.07. The van der Waals surface area contributed by atoms with Crippen molar-refractivity contribution in [2.24, 2.45) is 11.8 Å². The molecule has 1 spiro atoms. The van der Waals surface area contributed by atoms with Crippen molar-refractivity contribution >= 4 is 63.6 Å². The molecule has 0 radical (unpaired) electrons. The smallest absolute Gasteiger partial charge is 0.238 e. The molecule has 5 aromatic rings. The normalized spacial score (nSPS) is 23.1. The summed E-state index contributed by atoms with van der Waals surface area (Å²) in [6.07, 6.45) is 9.62. The lowest BCUT2D eigenvalue weighted by atomic mass is 9.73. The van der Waals surface area contributed by atoms with Gasteiger partial charge in [0.05, 0.1) is 34.6 Å². The molecule has 6 aliphatic rings. The van der Waals surface area contributed by atoms with E-state index in [1.54, 1.807) is 30.7 Å². The molecule has 3 N–H and O–H groups in total. The average Bonchev–Trinajstić information content (AvgIpc) is 3.92. The van der Waals surface area contributed by atoms with Crippen LogP contribution in [0.1, 0.15) is 81.3 Å². The van der Waals surface area contributed by atoms with Crippen LogP contribution in [0.4, 0.5) is 27.4 Å². The highest BCUT2D eigenvalue weighted by Gasteiger charge is 2.56. The summed E-state index contributed by atoms with van der Waals surface area (Å²) in [5.74, 6) is 0.0884. The Kier molecular flexibility index (Phi) is 11.6. The number of likely N-dealkylation sites (tertiary alicyclic amines) is 2. The summed E-state index contributed by atoms with van der Waals surface area (Å²) in [6.45, 7) is 3.48. The topological polar surface area (TPSA) is 180 Å². The number of benzene rings is 2. The van der Waals surface area contributed by atoms with E-state index in [1.165, 1.54) is 6.07 Å². The Morgan fingerprint density at radius 2 is 1.54 bits per heavy atom. The maximum absolute atomic E-state index is 15.0. The summed E-state index contributed by atoms with van der Waals surface area (Å²) in [4.78, 5) is 94.5. The number of aromatic nitrogens is 4. The summed E-state index contributed by atoms with van der Waals surface area (Å²) in [7, 11) is 4.16. The van der Waals surface area contributed by atoms with Crippen molar-refractivity contribution < 1.29 is 28.4 Å². The van der Waals surface area contributed by atoms with Gasteiger partial charge in [0.2, 0.25) is 29.5 Å². The second-order valence-corrected chi connectivity index (χ2v) is 20.1. The fourth-order valence-electron chi connectivity index (χ4n) is 11.8. The molecule has 17 heteroatoms. The number of hydrogen-bond acceptors (Lipinski definition) is 11. The van der Waals surface area contributed by atoms with Crippen molar-refractivity contribution in [3.05, 3.63) is 90.1 Å². The quantitative estimate of drug-likeness (QED) is 0.150. The summed E-state index contributed by atoms with van der Waals surface area (Å²) in [6, 6.07) is 18.9. The van der Waals surface area contributed by atoms with Gasteiger partial charge in [-0.15, -0.1) is 0 Å². The zero-order chi connectivity index (χ0) is 47.6. The van der Waals surface area contributed by atoms with Gasteiger partial charge < -0.3 is 34.8 Å². The average molecular weight is 936 g/mol. The number of piperidine rings is 4. The molecule has 1 saturated carbocycles. The molecule has 5 fully saturated rings. The van der Waals surface area contributed by atoms with Gasteiger partial charge in [0.1, 0.15) is 17.2 Å². The molecule has 2 aromatic carbocycles. The van der Waals surface area contributed by atoms with Crippen LogP contribution in [-0.2, 0) is 29.4 Å². The van der Waals surface area contributed by atoms with Gasteiger partial charge in [0.25, 0.3) is 0 Å². The lowest BCUT2D eigenvalue weighted by molar-refractivity contribution is -0.144. The molecule has 5 amide bonds. The van der Waals surface area contributed by atoms with Crippen LogP contribution in [0.25, 0.3) is 22.3 Å². The zero-order valence-corrected chi connectivity index (χ0v) is 39.1. The molecule has 4 saturated heterocycles. The van der Waals surface area contributed by atoms with Crippen LogP contribution in [0.3, 0.4) is 0 Å². The lowest BCUT2D eigenvalue weighted by Crippen LogP contribution is -2.57. The number of carbonyl (C=O) groups excluding carboxylic acids is 5. The second-order valence-electron chi connectivity index (χ2n) is 20.1. The molecule has 8 heterocycles. The molecular weight excluding hydrogens is 878 g/mol. The van der Waals surface area contributed by atoms with Crippen molar-refractivity contribution in [3.8, 4) is 11.3 Å². The molecule has 16 nitrogen and oxygen atoms in total. The number of para-hydroxylation sites is 1. The van der Waals surface area contributed by atoms with Gasteiger partial charge in [-0.25, -0.2) is 19.3 Å². The maximum Gasteiger partial charge on any atom is 0.238 e. The van der Waals surface area contributed by atoms with Gasteiger partial charge in [-0.05, 0) is 113 Å². The molecule has 358 valence electrons. The largest absolute Gasteiger partial charge is 0.357 e. The Balaban J connectivity index is 0.729. The van der Waals surface area contributed by atoms with Gasteiger partial charge in [0.15, 0.2) is 5.82 Å². The van der Waals surface area contributed by atoms with Crippen molar-refractivity contribution in [2.75, 3.05) is 68.5 Å². The summed E-state index contributed by atoms with van der Waals surface area (Å²) < 4.78 is 14.8. The van der Waals surface area contributed by atoms with E-state index >= 15 is 0 Å². The van der Waals surface area contributed by atoms with Crippen LogP contribution >= 0.6 is 0 Å². The van der Waals surface area contributed by atoms with Gasteiger partial charge in [-0.1, -0.05) is 30.3 Å². The van der Waals surface area contributed by atoms with Crippen molar-refractivity contribution in [2.45, 2.75) is 87.6 Å². The zero-order valence-electron chi connectivity index (χ0n) is 39.1. The minimum absolute atomic E-state index is 0.0580. The number of amides is 5. The van der Waals surface area contributed by atoms with Gasteiger partial charge in [0, 0.05) is 87.1 Å². The number of pyridine rings is 2. The monoisotopic (exact) mass is 935 g/mol. The number of H-pyrrole nitrogens is 1. The predicted octanol–water partition coefficient (Wildman–Crippen LogP) is 5.88. The number of anilines is 4. The first-order valence-corrected chi connectivity index (χ1v) is 24.6. The number of fused-ring (bicyclic) bond motifs is 3. The second kappa shape index (κ2) is 18.0. The standard InChI is InChI=1S/C52H58FN11O5/c1-60(2)35-26-36(27-35)64-43-25-33(41-28-42-46(56-30-55-42)47(58-41)57-40-6-4-3-5-39(40)53)7-10-38(43)52(51(64)69)17-23-63(24-18-52)50(68)32-15-21-62(22-16-32)49(67)31-13-19-61(20-14-31)44-11-8-34(29-54-44)37-9-12-45(65)59-48(37)66/h3-8,10-11,25,28-32,35-37H,9,12-24,26-27H2,1-2H3,(H,55,56)(H,57,58)(H,59,65,66). The minimum atomic E-state index is -0.743. The molecule has 69 heavy (non-hydrogen) atoms. The van der Waals surface area contributed by atoms with E-state index in [2.05, 4.69) is 61.6 Å². The van der Waals surface area contributed by atoms with E-state index in [0.29, 0.717) is 119 Å². The molecule has 0 bridgehead atoms. The van der Waals surface area contributed by atoms with Crippen LogP contribution in [0.2, 0.25) is 0 Å². The minimum Gasteiger partial charge on any atom is -0.357 e. The third-order valence-corrected chi connectivity index (χ3v) is 16.1. The van der Waals surface area contributed by atoms with Crippen LogP contribution in [0.5, 0.6) is 0 Å². The number of rotatable bonds is 9. The Morgan fingerprint density at radius 3 is 2.22 bits per heavy atom. The van der Waals surface area contributed by atoms with E-state index in [0.717, 1.165) is 46.6 Å². The fraction of sp³-hybridized carbons (Fsp3) is 0.462. The summed E-state index contributed by atoms with van der Waals surface area (Å²) >= 11 is 0. The Hall–Kier alpha value is -6.75. The van der Waals surface area contributed by atoms with Crippen LogP contribution in [-0.4, -0.2) is 130 Å². The molecule has 1 unspecified atom stereocenters. The third kappa shape index (κ3) is 8.17. The van der Waals surface area contributed by atoms with E-state index in [9.17, 15) is 28.4 Å². The fourth-order valence-corrected chi connectivity index (χ4v) is 11.8. The highest BCUT2D eigenvalue weighted by atomic mass is 19.1. The van der Waals surface area contributed by atoms with E-state index < -0.39 is 11.2 Å². The van der Waals surface area contributed by atoms with Crippen LogP contribution in [0.15, 0.2) is 73.2 Å².